The predicted molar refractivity (Wildman–Crippen MR) is 84.5 cm³/mol. The molecule has 0 fully saturated rings. The fourth-order valence-electron chi connectivity index (χ4n) is 2.06. The van der Waals surface area contributed by atoms with Crippen LogP contribution in [0.25, 0.3) is 10.8 Å². The minimum absolute atomic E-state index is 0.223. The van der Waals surface area contributed by atoms with Gasteiger partial charge in [0.15, 0.2) is 0 Å². The number of fused-ring (bicyclic) bond motifs is 1. The Bertz CT molecular complexity index is 868. The van der Waals surface area contributed by atoms with E-state index in [1.165, 1.54) is 0 Å². The molecule has 0 amide bonds. The number of aromatic hydroxyl groups is 1. The summed E-state index contributed by atoms with van der Waals surface area (Å²) < 4.78 is 6.48. The Labute approximate surface area is 130 Å². The van der Waals surface area contributed by atoms with Crippen molar-refractivity contribution in [1.29, 1.82) is 5.26 Å². The maximum atomic E-state index is 9.53. The molecule has 0 bridgehead atoms. The maximum Gasteiger partial charge on any atom is 0.128 e. The number of benzene rings is 3. The molecule has 0 spiro atoms. The Hall–Kier alpha value is -2.51. The number of phenols is 1. The van der Waals surface area contributed by atoms with E-state index < -0.39 is 0 Å². The summed E-state index contributed by atoms with van der Waals surface area (Å²) >= 11 is 3.33. The molecule has 0 saturated heterocycles. The number of ether oxygens (including phenoxy) is 1. The van der Waals surface area contributed by atoms with Crippen molar-refractivity contribution >= 4 is 26.7 Å². The zero-order valence-corrected chi connectivity index (χ0v) is 12.5. The molecule has 0 saturated carbocycles. The second kappa shape index (κ2) is 5.47. The molecular weight excluding hydrogens is 330 g/mol. The number of hydrogen-bond donors (Lipinski definition) is 1. The largest absolute Gasteiger partial charge is 0.508 e. The van der Waals surface area contributed by atoms with Crippen LogP contribution in [-0.2, 0) is 0 Å². The van der Waals surface area contributed by atoms with Gasteiger partial charge in [-0.15, -0.1) is 0 Å². The van der Waals surface area contributed by atoms with Crippen molar-refractivity contribution in [2.75, 3.05) is 0 Å². The third kappa shape index (κ3) is 2.83. The van der Waals surface area contributed by atoms with Gasteiger partial charge in [0.1, 0.15) is 23.3 Å². The molecular formula is C17H10BrNO2. The van der Waals surface area contributed by atoms with Crippen molar-refractivity contribution in [3.05, 3.63) is 64.6 Å². The average molecular weight is 340 g/mol. The summed E-state index contributed by atoms with van der Waals surface area (Å²) in [6.45, 7) is 0. The minimum atomic E-state index is 0.223. The van der Waals surface area contributed by atoms with E-state index in [0.717, 1.165) is 10.8 Å². The first-order chi connectivity index (χ1) is 10.2. The van der Waals surface area contributed by atoms with Gasteiger partial charge >= 0.3 is 0 Å². The zero-order valence-electron chi connectivity index (χ0n) is 10.9. The van der Waals surface area contributed by atoms with E-state index in [1.807, 2.05) is 24.3 Å². The lowest BCUT2D eigenvalue weighted by atomic mass is 10.1. The van der Waals surface area contributed by atoms with Gasteiger partial charge in [-0.3, -0.25) is 0 Å². The van der Waals surface area contributed by atoms with Gasteiger partial charge in [0, 0.05) is 4.47 Å². The van der Waals surface area contributed by atoms with Gasteiger partial charge in [0.05, 0.1) is 5.56 Å². The fourth-order valence-corrected chi connectivity index (χ4v) is 2.51. The second-order valence-corrected chi connectivity index (χ2v) is 5.40. The standard InChI is InChI=1S/C17H10BrNO2/c18-17-9-16(6-3-12(17)10-19)21-15-5-2-11-1-4-14(20)7-13(11)8-15/h1-9,20H. The molecule has 0 aliphatic carbocycles. The van der Waals surface area contributed by atoms with Crippen molar-refractivity contribution in [3.63, 3.8) is 0 Å². The number of phenolic OH excluding ortho intramolecular Hbond substituents is 1. The van der Waals surface area contributed by atoms with E-state index in [9.17, 15) is 5.11 Å². The Morgan fingerprint density at radius 1 is 0.905 bits per heavy atom. The summed E-state index contributed by atoms with van der Waals surface area (Å²) in [6.07, 6.45) is 0. The summed E-state index contributed by atoms with van der Waals surface area (Å²) in [5.74, 6) is 1.53. The van der Waals surface area contributed by atoms with E-state index >= 15 is 0 Å². The lowest BCUT2D eigenvalue weighted by Crippen LogP contribution is -1.86. The van der Waals surface area contributed by atoms with Gasteiger partial charge in [-0.25, -0.2) is 0 Å². The second-order valence-electron chi connectivity index (χ2n) is 4.55. The lowest BCUT2D eigenvalue weighted by molar-refractivity contribution is 0.476. The Kier molecular flexibility index (Phi) is 3.51. The number of rotatable bonds is 2. The van der Waals surface area contributed by atoms with Crippen molar-refractivity contribution in [2.24, 2.45) is 0 Å². The van der Waals surface area contributed by atoms with Gasteiger partial charge < -0.3 is 9.84 Å². The monoisotopic (exact) mass is 339 g/mol. The van der Waals surface area contributed by atoms with E-state index in [2.05, 4.69) is 22.0 Å². The highest BCUT2D eigenvalue weighted by Crippen LogP contribution is 2.30. The first-order valence-corrected chi connectivity index (χ1v) is 7.05. The molecule has 3 aromatic rings. The first-order valence-electron chi connectivity index (χ1n) is 6.26. The number of hydrogen-bond acceptors (Lipinski definition) is 3. The van der Waals surface area contributed by atoms with Crippen molar-refractivity contribution < 1.29 is 9.84 Å². The Balaban J connectivity index is 1.94. The van der Waals surface area contributed by atoms with Crippen molar-refractivity contribution in [3.8, 4) is 23.3 Å². The topological polar surface area (TPSA) is 53.2 Å². The van der Waals surface area contributed by atoms with Crippen LogP contribution < -0.4 is 4.74 Å². The van der Waals surface area contributed by atoms with Crippen LogP contribution in [0, 0.1) is 11.3 Å². The van der Waals surface area contributed by atoms with Crippen LogP contribution in [0.3, 0.4) is 0 Å². The number of halogens is 1. The van der Waals surface area contributed by atoms with Gasteiger partial charge in [-0.1, -0.05) is 12.1 Å². The molecule has 4 heteroatoms. The third-order valence-corrected chi connectivity index (χ3v) is 3.75. The van der Waals surface area contributed by atoms with Crippen LogP contribution in [0.2, 0.25) is 0 Å². The molecule has 3 nitrogen and oxygen atoms in total. The smallest absolute Gasteiger partial charge is 0.128 e. The van der Waals surface area contributed by atoms with Gasteiger partial charge in [0.2, 0.25) is 0 Å². The van der Waals surface area contributed by atoms with Crippen LogP contribution in [0.4, 0.5) is 0 Å². The highest BCUT2D eigenvalue weighted by atomic mass is 79.9. The molecule has 0 radical (unpaired) electrons. The minimum Gasteiger partial charge on any atom is -0.508 e. The van der Waals surface area contributed by atoms with Crippen LogP contribution in [-0.4, -0.2) is 5.11 Å². The van der Waals surface area contributed by atoms with E-state index in [4.69, 9.17) is 10.00 Å². The van der Waals surface area contributed by atoms with Crippen LogP contribution in [0.1, 0.15) is 5.56 Å². The van der Waals surface area contributed by atoms with Gasteiger partial charge in [0.25, 0.3) is 0 Å². The van der Waals surface area contributed by atoms with Crippen molar-refractivity contribution in [1.82, 2.24) is 0 Å². The first kappa shape index (κ1) is 13.5. The highest BCUT2D eigenvalue weighted by molar-refractivity contribution is 9.10. The summed E-state index contributed by atoms with van der Waals surface area (Å²) in [4.78, 5) is 0. The molecule has 21 heavy (non-hydrogen) atoms. The summed E-state index contributed by atoms with van der Waals surface area (Å²) in [5, 5.41) is 20.4. The zero-order chi connectivity index (χ0) is 14.8. The molecule has 1 N–H and O–H groups in total. The van der Waals surface area contributed by atoms with Gasteiger partial charge in [-0.05, 0) is 69.2 Å². The van der Waals surface area contributed by atoms with Crippen LogP contribution >= 0.6 is 15.9 Å². The van der Waals surface area contributed by atoms with E-state index in [1.54, 1.807) is 30.3 Å². The Morgan fingerprint density at radius 2 is 1.62 bits per heavy atom. The van der Waals surface area contributed by atoms with E-state index in [-0.39, 0.29) is 5.75 Å². The quantitative estimate of drug-likeness (QED) is 0.716. The summed E-state index contributed by atoms with van der Waals surface area (Å²) in [5.41, 5.74) is 0.561. The molecule has 102 valence electrons. The van der Waals surface area contributed by atoms with E-state index in [0.29, 0.717) is 21.5 Å². The molecule has 0 aliphatic heterocycles. The molecule has 3 rings (SSSR count). The average Bonchev–Trinajstić information content (AvgIpc) is 2.47. The summed E-state index contributed by atoms with van der Waals surface area (Å²) in [6, 6.07) is 18.1. The molecule has 0 aromatic heterocycles. The molecule has 0 aliphatic rings. The molecule has 0 unspecified atom stereocenters. The van der Waals surface area contributed by atoms with Crippen LogP contribution in [0.15, 0.2) is 59.1 Å². The van der Waals surface area contributed by atoms with Crippen LogP contribution in [0.5, 0.6) is 17.2 Å². The molecule has 3 aromatic carbocycles. The fraction of sp³-hybridized carbons (Fsp3) is 0. The lowest BCUT2D eigenvalue weighted by Gasteiger charge is -2.08. The highest BCUT2D eigenvalue weighted by Gasteiger charge is 2.04. The number of nitriles is 1. The van der Waals surface area contributed by atoms with Gasteiger partial charge in [-0.2, -0.15) is 5.26 Å². The Morgan fingerprint density at radius 3 is 2.38 bits per heavy atom. The predicted octanol–water partition coefficient (Wildman–Crippen LogP) is 4.97. The normalized spacial score (nSPS) is 10.3. The SMILES string of the molecule is N#Cc1ccc(Oc2ccc3ccc(O)cc3c2)cc1Br. The number of nitrogens with zero attached hydrogens (tertiary/aromatic N) is 1. The molecule has 0 atom stereocenters. The van der Waals surface area contributed by atoms with Crippen molar-refractivity contribution in [2.45, 2.75) is 0 Å². The summed E-state index contributed by atoms with van der Waals surface area (Å²) in [7, 11) is 0. The maximum absolute atomic E-state index is 9.53. The molecule has 0 heterocycles. The third-order valence-electron chi connectivity index (χ3n) is 3.09.